The van der Waals surface area contributed by atoms with Crippen LogP contribution in [0, 0.1) is 0 Å². The van der Waals surface area contributed by atoms with Crippen LogP contribution in [0.2, 0.25) is 0 Å². The number of alkyl halides is 3. The second-order valence-corrected chi connectivity index (χ2v) is 6.09. The van der Waals surface area contributed by atoms with E-state index in [2.05, 4.69) is 4.98 Å². The predicted molar refractivity (Wildman–Crippen MR) is 76.4 cm³/mol. The molecule has 0 aliphatic carbocycles. The molecule has 0 aromatic carbocycles. The Morgan fingerprint density at radius 2 is 2.04 bits per heavy atom. The fourth-order valence-corrected chi connectivity index (χ4v) is 2.90. The van der Waals surface area contributed by atoms with E-state index in [9.17, 15) is 23.1 Å². The van der Waals surface area contributed by atoms with Gasteiger partial charge in [0, 0.05) is 45.1 Å². The van der Waals surface area contributed by atoms with Gasteiger partial charge in [-0.15, -0.1) is 0 Å². The molecule has 1 saturated heterocycles. The van der Waals surface area contributed by atoms with Crippen molar-refractivity contribution in [1.29, 1.82) is 0 Å². The standard InChI is InChI=1S/C14H21F3N4O2/c1-10-9-19(2)6-7-21(10)11(22)8-13(23,14(15,16)17)12-18-4-5-20(12)3/h4-5,10,23H,6-9H2,1-3H3/t10-,13+/m0/s1. The lowest BCUT2D eigenvalue weighted by Crippen LogP contribution is -2.55. The monoisotopic (exact) mass is 334 g/mol. The topological polar surface area (TPSA) is 61.6 Å². The van der Waals surface area contributed by atoms with Crippen molar-refractivity contribution in [3.05, 3.63) is 18.2 Å². The first kappa shape index (κ1) is 17.7. The maximum Gasteiger partial charge on any atom is 0.425 e. The van der Waals surface area contributed by atoms with Gasteiger partial charge in [0.25, 0.3) is 0 Å². The summed E-state index contributed by atoms with van der Waals surface area (Å²) in [6.07, 6.45) is -3.61. The Labute approximate surface area is 132 Å². The van der Waals surface area contributed by atoms with E-state index in [1.807, 2.05) is 11.9 Å². The largest absolute Gasteiger partial charge is 0.425 e. The van der Waals surface area contributed by atoms with Crippen LogP contribution in [0.1, 0.15) is 19.2 Å². The average Bonchev–Trinajstić information content (AvgIpc) is 2.83. The highest BCUT2D eigenvalue weighted by molar-refractivity contribution is 5.78. The Balaban J connectivity index is 2.26. The van der Waals surface area contributed by atoms with Gasteiger partial charge in [0.2, 0.25) is 11.5 Å². The molecule has 2 atom stereocenters. The summed E-state index contributed by atoms with van der Waals surface area (Å²) in [5, 5.41) is 10.3. The molecule has 0 unspecified atom stereocenters. The Morgan fingerprint density at radius 1 is 1.39 bits per heavy atom. The van der Waals surface area contributed by atoms with Crippen molar-refractivity contribution >= 4 is 5.91 Å². The summed E-state index contributed by atoms with van der Waals surface area (Å²) in [7, 11) is 3.24. The molecule has 130 valence electrons. The molecule has 2 heterocycles. The number of nitrogens with zero attached hydrogens (tertiary/aromatic N) is 4. The van der Waals surface area contributed by atoms with Crippen molar-refractivity contribution in [2.24, 2.45) is 7.05 Å². The van der Waals surface area contributed by atoms with Crippen LogP contribution < -0.4 is 0 Å². The number of aryl methyl sites for hydroxylation is 1. The number of rotatable bonds is 3. The molecule has 9 heteroatoms. The molecule has 0 saturated carbocycles. The highest BCUT2D eigenvalue weighted by Gasteiger charge is 2.59. The zero-order valence-corrected chi connectivity index (χ0v) is 13.3. The van der Waals surface area contributed by atoms with E-state index < -0.39 is 29.9 Å². The smallest absolute Gasteiger partial charge is 0.374 e. The second-order valence-electron chi connectivity index (χ2n) is 6.09. The molecule has 23 heavy (non-hydrogen) atoms. The average molecular weight is 334 g/mol. The molecule has 1 amide bonds. The van der Waals surface area contributed by atoms with E-state index >= 15 is 0 Å². The van der Waals surface area contributed by atoms with Crippen molar-refractivity contribution < 1.29 is 23.1 Å². The van der Waals surface area contributed by atoms with Crippen LogP contribution in [0.4, 0.5) is 13.2 Å². The maximum atomic E-state index is 13.5. The lowest BCUT2D eigenvalue weighted by atomic mass is 9.96. The molecule has 1 aromatic heterocycles. The van der Waals surface area contributed by atoms with E-state index in [4.69, 9.17) is 0 Å². The van der Waals surface area contributed by atoms with Crippen molar-refractivity contribution in [3.63, 3.8) is 0 Å². The molecule has 1 fully saturated rings. The highest BCUT2D eigenvalue weighted by atomic mass is 19.4. The first-order chi connectivity index (χ1) is 10.6. The van der Waals surface area contributed by atoms with Gasteiger partial charge in [-0.25, -0.2) is 4.98 Å². The van der Waals surface area contributed by atoms with Gasteiger partial charge in [-0.1, -0.05) is 0 Å². The van der Waals surface area contributed by atoms with Crippen LogP contribution in [-0.4, -0.2) is 69.3 Å². The number of halogens is 3. The lowest BCUT2D eigenvalue weighted by molar-refractivity contribution is -0.272. The first-order valence-electron chi connectivity index (χ1n) is 7.31. The molecule has 0 bridgehead atoms. The van der Waals surface area contributed by atoms with E-state index in [-0.39, 0.29) is 6.04 Å². The zero-order chi connectivity index (χ0) is 17.4. The first-order valence-corrected chi connectivity index (χ1v) is 7.31. The number of carbonyl (C=O) groups is 1. The Kier molecular flexibility index (Phi) is 4.72. The number of hydrogen-bond acceptors (Lipinski definition) is 4. The molecule has 6 nitrogen and oxygen atoms in total. The summed E-state index contributed by atoms with van der Waals surface area (Å²) in [4.78, 5) is 19.4. The van der Waals surface area contributed by atoms with E-state index in [0.717, 1.165) is 10.8 Å². The summed E-state index contributed by atoms with van der Waals surface area (Å²) in [6, 6.07) is -0.208. The van der Waals surface area contributed by atoms with Crippen molar-refractivity contribution in [2.75, 3.05) is 26.7 Å². The zero-order valence-electron chi connectivity index (χ0n) is 13.3. The quantitative estimate of drug-likeness (QED) is 0.885. The van der Waals surface area contributed by atoms with Crippen molar-refractivity contribution in [2.45, 2.75) is 31.2 Å². The van der Waals surface area contributed by atoms with Crippen LogP contribution >= 0.6 is 0 Å². The maximum absolute atomic E-state index is 13.5. The van der Waals surface area contributed by atoms with E-state index in [0.29, 0.717) is 19.6 Å². The summed E-state index contributed by atoms with van der Waals surface area (Å²) >= 11 is 0. The number of imidazole rings is 1. The number of carbonyl (C=O) groups excluding carboxylic acids is 1. The third-order valence-electron chi connectivity index (χ3n) is 4.22. The van der Waals surface area contributed by atoms with Crippen LogP contribution in [0.15, 0.2) is 12.4 Å². The molecule has 1 aromatic rings. The van der Waals surface area contributed by atoms with Crippen LogP contribution in [0.3, 0.4) is 0 Å². The number of hydrogen-bond donors (Lipinski definition) is 1. The van der Waals surface area contributed by atoms with Gasteiger partial charge in [-0.3, -0.25) is 4.79 Å². The number of amides is 1. The van der Waals surface area contributed by atoms with Crippen LogP contribution in [0.5, 0.6) is 0 Å². The third-order valence-corrected chi connectivity index (χ3v) is 4.22. The fourth-order valence-electron chi connectivity index (χ4n) is 2.90. The second kappa shape index (κ2) is 6.12. The number of likely N-dealkylation sites (N-methyl/N-ethyl adjacent to an activating group) is 1. The van der Waals surface area contributed by atoms with Gasteiger partial charge in [0.15, 0.2) is 5.82 Å². The van der Waals surface area contributed by atoms with Gasteiger partial charge < -0.3 is 19.5 Å². The SMILES string of the molecule is C[C@H]1CN(C)CCN1C(=O)C[C@@](O)(c1nccn1C)C(F)(F)F. The minimum atomic E-state index is -5.00. The molecular formula is C14H21F3N4O2. The molecule has 0 radical (unpaired) electrons. The summed E-state index contributed by atoms with van der Waals surface area (Å²) in [6.45, 7) is 3.29. The van der Waals surface area contributed by atoms with Gasteiger partial charge in [0.1, 0.15) is 0 Å². The fraction of sp³-hybridized carbons (Fsp3) is 0.714. The minimum Gasteiger partial charge on any atom is -0.374 e. The van der Waals surface area contributed by atoms with E-state index in [1.54, 1.807) is 6.92 Å². The number of piperazine rings is 1. The molecule has 1 aliphatic heterocycles. The Bertz CT molecular complexity index is 575. The van der Waals surface area contributed by atoms with E-state index in [1.165, 1.54) is 18.1 Å². The number of aromatic nitrogens is 2. The van der Waals surface area contributed by atoms with Gasteiger partial charge >= 0.3 is 6.18 Å². The molecule has 1 N–H and O–H groups in total. The third kappa shape index (κ3) is 3.35. The van der Waals surface area contributed by atoms with Crippen LogP contribution in [-0.2, 0) is 17.4 Å². The van der Waals surface area contributed by atoms with Crippen molar-refractivity contribution in [1.82, 2.24) is 19.4 Å². The van der Waals surface area contributed by atoms with Gasteiger partial charge in [0.05, 0.1) is 6.42 Å². The predicted octanol–water partition coefficient (Wildman–Crippen LogP) is 0.723. The summed E-state index contributed by atoms with van der Waals surface area (Å²) < 4.78 is 41.4. The van der Waals surface area contributed by atoms with Gasteiger partial charge in [-0.05, 0) is 14.0 Å². The molecule has 0 spiro atoms. The summed E-state index contributed by atoms with van der Waals surface area (Å²) in [5.74, 6) is -1.31. The molecule has 1 aliphatic rings. The van der Waals surface area contributed by atoms with Gasteiger partial charge in [-0.2, -0.15) is 13.2 Å². The normalized spacial score (nSPS) is 22.9. The van der Waals surface area contributed by atoms with Crippen molar-refractivity contribution in [3.8, 4) is 0 Å². The lowest BCUT2D eigenvalue weighted by Gasteiger charge is -2.40. The summed E-state index contributed by atoms with van der Waals surface area (Å²) in [5.41, 5.74) is -3.30. The Hall–Kier alpha value is -1.61. The Morgan fingerprint density at radius 3 is 2.52 bits per heavy atom. The molecular weight excluding hydrogens is 313 g/mol. The highest BCUT2D eigenvalue weighted by Crippen LogP contribution is 2.41. The number of aliphatic hydroxyl groups is 1. The van der Waals surface area contributed by atoms with Crippen LogP contribution in [0.25, 0.3) is 0 Å². The minimum absolute atomic E-state index is 0.208. The molecule has 2 rings (SSSR count).